The Morgan fingerprint density at radius 2 is 1.73 bits per heavy atom. The summed E-state index contributed by atoms with van der Waals surface area (Å²) in [4.78, 5) is 20.2. The summed E-state index contributed by atoms with van der Waals surface area (Å²) in [7, 11) is 0. The Morgan fingerprint density at radius 3 is 2.38 bits per heavy atom. The number of pyridine rings is 1. The Labute approximate surface area is 149 Å². The molecular formula is C18H18F3N3O2. The second-order valence-corrected chi connectivity index (χ2v) is 5.84. The first-order chi connectivity index (χ1) is 12.4. The van der Waals surface area contributed by atoms with Crippen molar-refractivity contribution in [2.75, 3.05) is 37.7 Å². The average molecular weight is 365 g/mol. The van der Waals surface area contributed by atoms with Crippen LogP contribution in [-0.2, 0) is 11.0 Å². The zero-order valence-electron chi connectivity index (χ0n) is 13.9. The number of hydrogen-bond acceptors (Lipinski definition) is 4. The van der Waals surface area contributed by atoms with Gasteiger partial charge in [-0.25, -0.2) is 4.98 Å². The minimum absolute atomic E-state index is 0.331. The smallest absolute Gasteiger partial charge is 0.419 e. The van der Waals surface area contributed by atoms with Crippen molar-refractivity contribution >= 4 is 11.7 Å². The van der Waals surface area contributed by atoms with Crippen molar-refractivity contribution in [2.45, 2.75) is 6.18 Å². The van der Waals surface area contributed by atoms with Gasteiger partial charge in [-0.15, -0.1) is 0 Å². The van der Waals surface area contributed by atoms with Crippen LogP contribution in [0.5, 0.6) is 5.75 Å². The molecule has 1 amide bonds. The van der Waals surface area contributed by atoms with Crippen LogP contribution < -0.4 is 9.64 Å². The van der Waals surface area contributed by atoms with Crippen molar-refractivity contribution in [2.24, 2.45) is 0 Å². The molecule has 1 aromatic carbocycles. The van der Waals surface area contributed by atoms with Gasteiger partial charge in [-0.3, -0.25) is 4.79 Å². The van der Waals surface area contributed by atoms with Gasteiger partial charge in [0.1, 0.15) is 11.6 Å². The molecule has 2 heterocycles. The van der Waals surface area contributed by atoms with Crippen LogP contribution in [0.4, 0.5) is 19.0 Å². The number of anilines is 1. The normalized spacial score (nSPS) is 15.0. The lowest BCUT2D eigenvalue weighted by molar-refractivity contribution is -0.141. The monoisotopic (exact) mass is 365 g/mol. The number of benzene rings is 1. The molecule has 1 saturated heterocycles. The lowest BCUT2D eigenvalue weighted by Crippen LogP contribution is -2.50. The molecule has 8 heteroatoms. The largest absolute Gasteiger partial charge is 0.483 e. The Balaban J connectivity index is 1.54. The van der Waals surface area contributed by atoms with Gasteiger partial charge >= 0.3 is 6.18 Å². The summed E-state index contributed by atoms with van der Waals surface area (Å²) in [6.45, 7) is 1.75. The highest BCUT2D eigenvalue weighted by molar-refractivity contribution is 5.78. The van der Waals surface area contributed by atoms with E-state index in [0.717, 1.165) is 11.9 Å². The topological polar surface area (TPSA) is 45.7 Å². The summed E-state index contributed by atoms with van der Waals surface area (Å²) >= 11 is 0. The predicted octanol–water partition coefficient (Wildman–Crippen LogP) is 2.83. The molecule has 0 bridgehead atoms. The van der Waals surface area contributed by atoms with Gasteiger partial charge in [0, 0.05) is 32.4 Å². The first kappa shape index (κ1) is 18.0. The molecule has 0 saturated carbocycles. The van der Waals surface area contributed by atoms with E-state index in [1.807, 2.05) is 18.2 Å². The Kier molecular flexibility index (Phi) is 5.29. The van der Waals surface area contributed by atoms with E-state index in [-0.39, 0.29) is 11.7 Å². The number of hydrogen-bond donors (Lipinski definition) is 0. The molecule has 0 atom stereocenters. The minimum Gasteiger partial charge on any atom is -0.483 e. The maximum atomic E-state index is 12.9. The molecule has 3 rings (SSSR count). The third kappa shape index (κ3) is 4.25. The van der Waals surface area contributed by atoms with Gasteiger partial charge in [0.05, 0.1) is 5.56 Å². The van der Waals surface area contributed by atoms with E-state index >= 15 is 0 Å². The third-order valence-corrected chi connectivity index (χ3v) is 4.15. The van der Waals surface area contributed by atoms with E-state index < -0.39 is 18.3 Å². The summed E-state index contributed by atoms with van der Waals surface area (Å²) in [6.07, 6.45) is -2.81. The first-order valence-corrected chi connectivity index (χ1v) is 8.18. The van der Waals surface area contributed by atoms with Gasteiger partial charge in [-0.2, -0.15) is 13.2 Å². The number of ether oxygens (including phenoxy) is 1. The van der Waals surface area contributed by atoms with E-state index in [9.17, 15) is 18.0 Å². The van der Waals surface area contributed by atoms with Gasteiger partial charge in [0.2, 0.25) is 0 Å². The van der Waals surface area contributed by atoms with Crippen LogP contribution >= 0.6 is 0 Å². The number of amides is 1. The number of carbonyl (C=O) groups excluding carboxylic acids is 1. The predicted molar refractivity (Wildman–Crippen MR) is 90.0 cm³/mol. The average Bonchev–Trinajstić information content (AvgIpc) is 2.66. The molecule has 2 aromatic rings. The number of nitrogens with zero attached hydrogens (tertiary/aromatic N) is 3. The SMILES string of the molecule is O=C(COc1ccccc1C(F)(F)F)N1CCN(c2ccccn2)CC1. The van der Waals surface area contributed by atoms with E-state index in [2.05, 4.69) is 9.88 Å². The molecule has 5 nitrogen and oxygen atoms in total. The Bertz CT molecular complexity index is 745. The summed E-state index contributed by atoms with van der Waals surface area (Å²) in [5.41, 5.74) is -0.882. The van der Waals surface area contributed by atoms with Crippen LogP contribution in [0.15, 0.2) is 48.7 Å². The van der Waals surface area contributed by atoms with Gasteiger partial charge in [0.25, 0.3) is 5.91 Å². The van der Waals surface area contributed by atoms with Crippen LogP contribution in [0.25, 0.3) is 0 Å². The van der Waals surface area contributed by atoms with Crippen molar-refractivity contribution in [3.05, 3.63) is 54.2 Å². The fraction of sp³-hybridized carbons (Fsp3) is 0.333. The maximum Gasteiger partial charge on any atom is 0.419 e. The molecule has 1 aliphatic heterocycles. The van der Waals surface area contributed by atoms with Gasteiger partial charge < -0.3 is 14.5 Å². The molecule has 0 unspecified atom stereocenters. The minimum atomic E-state index is -4.52. The fourth-order valence-corrected chi connectivity index (χ4v) is 2.78. The van der Waals surface area contributed by atoms with E-state index in [4.69, 9.17) is 4.74 Å². The molecule has 0 N–H and O–H groups in total. The summed E-state index contributed by atoms with van der Waals surface area (Å²) in [5, 5.41) is 0. The molecule has 1 aliphatic rings. The molecule has 0 radical (unpaired) electrons. The van der Waals surface area contributed by atoms with Crippen LogP contribution in [0.3, 0.4) is 0 Å². The highest BCUT2D eigenvalue weighted by atomic mass is 19.4. The van der Waals surface area contributed by atoms with E-state index in [1.165, 1.54) is 18.2 Å². The molecule has 0 spiro atoms. The standard InChI is InChI=1S/C18H18F3N3O2/c19-18(20,21)14-5-1-2-6-15(14)26-13-17(25)24-11-9-23(10-12-24)16-7-3-4-8-22-16/h1-8H,9-13H2. The summed E-state index contributed by atoms with van der Waals surface area (Å²) in [5.74, 6) is 0.179. The number of alkyl halides is 3. The molecule has 138 valence electrons. The van der Waals surface area contributed by atoms with Gasteiger partial charge in [-0.1, -0.05) is 18.2 Å². The third-order valence-electron chi connectivity index (χ3n) is 4.15. The fourth-order valence-electron chi connectivity index (χ4n) is 2.78. The number of aromatic nitrogens is 1. The second kappa shape index (κ2) is 7.63. The number of carbonyl (C=O) groups is 1. The summed E-state index contributed by atoms with van der Waals surface area (Å²) < 4.78 is 44.0. The van der Waals surface area contributed by atoms with Crippen LogP contribution in [0, 0.1) is 0 Å². The molecular weight excluding hydrogens is 347 g/mol. The van der Waals surface area contributed by atoms with Crippen LogP contribution in [0.2, 0.25) is 0 Å². The zero-order chi connectivity index (χ0) is 18.6. The van der Waals surface area contributed by atoms with Gasteiger partial charge in [-0.05, 0) is 24.3 Å². The lowest BCUT2D eigenvalue weighted by atomic mass is 10.2. The first-order valence-electron chi connectivity index (χ1n) is 8.18. The number of rotatable bonds is 4. The van der Waals surface area contributed by atoms with Crippen molar-refractivity contribution in [1.82, 2.24) is 9.88 Å². The zero-order valence-corrected chi connectivity index (χ0v) is 13.9. The highest BCUT2D eigenvalue weighted by Gasteiger charge is 2.34. The molecule has 26 heavy (non-hydrogen) atoms. The Morgan fingerprint density at radius 1 is 1.04 bits per heavy atom. The second-order valence-electron chi connectivity index (χ2n) is 5.84. The number of para-hydroxylation sites is 1. The highest BCUT2D eigenvalue weighted by Crippen LogP contribution is 2.35. The number of halogens is 3. The quantitative estimate of drug-likeness (QED) is 0.836. The van der Waals surface area contributed by atoms with Crippen LogP contribution in [0.1, 0.15) is 5.56 Å². The maximum absolute atomic E-state index is 12.9. The molecule has 0 aliphatic carbocycles. The number of piperazine rings is 1. The van der Waals surface area contributed by atoms with E-state index in [1.54, 1.807) is 11.1 Å². The van der Waals surface area contributed by atoms with Crippen LogP contribution in [-0.4, -0.2) is 48.6 Å². The van der Waals surface area contributed by atoms with Crippen molar-refractivity contribution in [3.8, 4) is 5.75 Å². The molecule has 1 fully saturated rings. The van der Waals surface area contributed by atoms with Crippen molar-refractivity contribution < 1.29 is 22.7 Å². The van der Waals surface area contributed by atoms with Crippen molar-refractivity contribution in [3.63, 3.8) is 0 Å². The Hall–Kier alpha value is -2.77. The molecule has 1 aromatic heterocycles. The van der Waals surface area contributed by atoms with Crippen molar-refractivity contribution in [1.29, 1.82) is 0 Å². The van der Waals surface area contributed by atoms with Gasteiger partial charge in [0.15, 0.2) is 6.61 Å². The summed E-state index contributed by atoms with van der Waals surface area (Å²) in [6, 6.07) is 10.5. The lowest BCUT2D eigenvalue weighted by Gasteiger charge is -2.35. The van der Waals surface area contributed by atoms with E-state index in [0.29, 0.717) is 26.2 Å².